The minimum absolute atomic E-state index is 0.0853. The molecule has 1 rings (SSSR count). The first-order valence-electron chi connectivity index (χ1n) is 3.38. The van der Waals surface area contributed by atoms with Crippen molar-refractivity contribution in [2.75, 3.05) is 7.11 Å². The Labute approximate surface area is 79.9 Å². The van der Waals surface area contributed by atoms with Crippen molar-refractivity contribution >= 4 is 18.8 Å². The number of carbonyl (C=O) groups is 1. The zero-order valence-corrected chi connectivity index (χ0v) is 7.68. The van der Waals surface area contributed by atoms with Crippen LogP contribution in [0.1, 0.15) is 0 Å². The van der Waals surface area contributed by atoms with E-state index in [1.165, 1.54) is 19.2 Å². The Hall–Kier alpha value is -1.23. The van der Waals surface area contributed by atoms with E-state index in [-0.39, 0.29) is 10.6 Å². The summed E-state index contributed by atoms with van der Waals surface area (Å²) in [5, 5.41) is 0. The van der Waals surface area contributed by atoms with Crippen LogP contribution < -0.4 is 4.74 Å². The highest BCUT2D eigenvalue weighted by Gasteiger charge is 2.05. The van der Waals surface area contributed by atoms with Gasteiger partial charge in [0, 0.05) is 11.0 Å². The van der Waals surface area contributed by atoms with Crippen molar-refractivity contribution in [1.82, 2.24) is 0 Å². The van der Waals surface area contributed by atoms with Gasteiger partial charge in [-0.2, -0.15) is 0 Å². The van der Waals surface area contributed by atoms with Crippen molar-refractivity contribution in [2.24, 2.45) is 0 Å². The highest BCUT2D eigenvalue weighted by atomic mass is 32.1. The van der Waals surface area contributed by atoms with Gasteiger partial charge in [0.05, 0.1) is 7.11 Å². The number of hydrogen-bond donors (Lipinski definition) is 1. The molecule has 0 N–H and O–H groups in total. The van der Waals surface area contributed by atoms with Crippen LogP contribution in [0.5, 0.6) is 5.75 Å². The maximum absolute atomic E-state index is 12.8. The lowest BCUT2D eigenvalue weighted by Gasteiger charge is -2.02. The van der Waals surface area contributed by atoms with Gasteiger partial charge in [-0.15, -0.1) is 12.6 Å². The van der Waals surface area contributed by atoms with Crippen LogP contribution in [-0.4, -0.2) is 13.3 Å². The normalized spacial score (nSPS) is 9.46. The second-order valence-electron chi connectivity index (χ2n) is 2.17. The largest absolute Gasteiger partial charge is 0.513 e. The molecule has 0 spiro atoms. The molecule has 0 aliphatic heterocycles. The van der Waals surface area contributed by atoms with Gasteiger partial charge in [0.2, 0.25) is 0 Å². The monoisotopic (exact) mass is 202 g/mol. The van der Waals surface area contributed by atoms with Gasteiger partial charge in [-0.1, -0.05) is 0 Å². The van der Waals surface area contributed by atoms with E-state index in [9.17, 15) is 9.18 Å². The van der Waals surface area contributed by atoms with Crippen molar-refractivity contribution < 1.29 is 18.7 Å². The Bertz CT molecular complexity index is 327. The van der Waals surface area contributed by atoms with Crippen molar-refractivity contribution in [3.63, 3.8) is 0 Å². The molecule has 0 amide bonds. The summed E-state index contributed by atoms with van der Waals surface area (Å²) < 4.78 is 21.6. The van der Waals surface area contributed by atoms with Gasteiger partial charge in [0.1, 0.15) is 11.6 Å². The summed E-state index contributed by atoms with van der Waals surface area (Å²) in [7, 11) is 1.17. The van der Waals surface area contributed by atoms with E-state index in [1.807, 2.05) is 0 Å². The van der Waals surface area contributed by atoms with E-state index >= 15 is 0 Å². The molecule has 5 heteroatoms. The van der Waals surface area contributed by atoms with Crippen LogP contribution >= 0.6 is 12.6 Å². The van der Waals surface area contributed by atoms with Crippen LogP contribution in [0.25, 0.3) is 0 Å². The van der Waals surface area contributed by atoms with Crippen LogP contribution in [0.15, 0.2) is 23.1 Å². The molecule has 0 atom stereocenters. The molecule has 0 aliphatic rings. The van der Waals surface area contributed by atoms with Crippen LogP contribution in [-0.2, 0) is 4.74 Å². The highest BCUT2D eigenvalue weighted by Crippen LogP contribution is 2.19. The highest BCUT2D eigenvalue weighted by molar-refractivity contribution is 7.80. The standard InChI is InChI=1S/C8H7FO3S/c1-11-8(10)12-5-2-3-7(13)6(9)4-5/h2-4,13H,1H3. The SMILES string of the molecule is COC(=O)Oc1ccc(S)c(F)c1. The Morgan fingerprint density at radius 2 is 2.23 bits per heavy atom. The first-order chi connectivity index (χ1) is 6.13. The Balaban J connectivity index is 2.79. The van der Waals surface area contributed by atoms with Gasteiger partial charge < -0.3 is 9.47 Å². The third kappa shape index (κ3) is 2.62. The molecular weight excluding hydrogens is 195 g/mol. The van der Waals surface area contributed by atoms with Crippen molar-refractivity contribution in [3.05, 3.63) is 24.0 Å². The van der Waals surface area contributed by atoms with E-state index in [0.29, 0.717) is 0 Å². The average Bonchev–Trinajstić information content (AvgIpc) is 2.11. The summed E-state index contributed by atoms with van der Waals surface area (Å²) >= 11 is 3.81. The molecule has 0 saturated carbocycles. The molecule has 0 aromatic heterocycles. The maximum Gasteiger partial charge on any atom is 0.513 e. The Morgan fingerprint density at radius 3 is 2.77 bits per heavy atom. The zero-order valence-electron chi connectivity index (χ0n) is 6.78. The summed E-state index contributed by atoms with van der Waals surface area (Å²) in [5.41, 5.74) is 0. The fourth-order valence-electron chi connectivity index (χ4n) is 0.689. The number of carbonyl (C=O) groups excluding carboxylic acids is 1. The van der Waals surface area contributed by atoms with E-state index in [0.717, 1.165) is 6.07 Å². The van der Waals surface area contributed by atoms with Crippen molar-refractivity contribution in [2.45, 2.75) is 4.90 Å². The van der Waals surface area contributed by atoms with Gasteiger partial charge in [-0.3, -0.25) is 0 Å². The first kappa shape index (κ1) is 9.85. The summed E-state index contributed by atoms with van der Waals surface area (Å²) in [5.74, 6) is -0.466. The molecular formula is C8H7FO3S. The summed E-state index contributed by atoms with van der Waals surface area (Å²) in [6.45, 7) is 0. The third-order valence-corrected chi connectivity index (χ3v) is 1.65. The molecule has 0 fully saturated rings. The van der Waals surface area contributed by atoms with Gasteiger partial charge in [-0.05, 0) is 12.1 Å². The number of ether oxygens (including phenoxy) is 2. The molecule has 0 heterocycles. The summed E-state index contributed by atoms with van der Waals surface area (Å²) in [4.78, 5) is 10.8. The maximum atomic E-state index is 12.8. The summed E-state index contributed by atoms with van der Waals surface area (Å²) in [6.07, 6.45) is -0.883. The number of benzene rings is 1. The first-order valence-corrected chi connectivity index (χ1v) is 3.82. The van der Waals surface area contributed by atoms with E-state index < -0.39 is 12.0 Å². The quantitative estimate of drug-likeness (QED) is 0.431. The van der Waals surface area contributed by atoms with Gasteiger partial charge >= 0.3 is 6.16 Å². The van der Waals surface area contributed by atoms with Gasteiger partial charge in [-0.25, -0.2) is 9.18 Å². The third-order valence-electron chi connectivity index (χ3n) is 1.29. The lowest BCUT2D eigenvalue weighted by atomic mass is 10.3. The smallest absolute Gasteiger partial charge is 0.437 e. The molecule has 1 aromatic rings. The molecule has 0 bridgehead atoms. The van der Waals surface area contributed by atoms with Crippen molar-refractivity contribution in [3.8, 4) is 5.75 Å². The van der Waals surface area contributed by atoms with E-state index in [2.05, 4.69) is 22.1 Å². The second-order valence-corrected chi connectivity index (χ2v) is 2.65. The number of halogens is 1. The lowest BCUT2D eigenvalue weighted by molar-refractivity contribution is 0.121. The van der Waals surface area contributed by atoms with Crippen molar-refractivity contribution in [1.29, 1.82) is 0 Å². The zero-order chi connectivity index (χ0) is 9.84. The topological polar surface area (TPSA) is 35.5 Å². The lowest BCUT2D eigenvalue weighted by Crippen LogP contribution is -2.07. The number of hydrogen-bond acceptors (Lipinski definition) is 4. The predicted molar refractivity (Wildman–Crippen MR) is 46.7 cm³/mol. The Kier molecular flexibility index (Phi) is 3.13. The predicted octanol–water partition coefficient (Wildman–Crippen LogP) is 2.26. The minimum atomic E-state index is -0.883. The van der Waals surface area contributed by atoms with Gasteiger partial charge in [0.25, 0.3) is 0 Å². The van der Waals surface area contributed by atoms with Crippen LogP contribution in [0.4, 0.5) is 9.18 Å². The molecule has 3 nitrogen and oxygen atoms in total. The fraction of sp³-hybridized carbons (Fsp3) is 0.125. The average molecular weight is 202 g/mol. The molecule has 0 aliphatic carbocycles. The molecule has 13 heavy (non-hydrogen) atoms. The molecule has 1 aromatic carbocycles. The van der Waals surface area contributed by atoms with Crippen LogP contribution in [0, 0.1) is 5.82 Å². The minimum Gasteiger partial charge on any atom is -0.437 e. The number of methoxy groups -OCH3 is 1. The Morgan fingerprint density at radius 1 is 1.54 bits per heavy atom. The van der Waals surface area contributed by atoms with Gasteiger partial charge in [0.15, 0.2) is 0 Å². The number of thiol groups is 1. The fourth-order valence-corrected chi connectivity index (χ4v) is 0.828. The van der Waals surface area contributed by atoms with Crippen LogP contribution in [0.2, 0.25) is 0 Å². The van der Waals surface area contributed by atoms with E-state index in [1.54, 1.807) is 0 Å². The van der Waals surface area contributed by atoms with Crippen LogP contribution in [0.3, 0.4) is 0 Å². The molecule has 0 saturated heterocycles. The molecule has 0 radical (unpaired) electrons. The van der Waals surface area contributed by atoms with E-state index in [4.69, 9.17) is 0 Å². The second kappa shape index (κ2) is 4.13. The summed E-state index contributed by atoms with van der Waals surface area (Å²) in [6, 6.07) is 3.86. The number of rotatable bonds is 1. The molecule has 0 unspecified atom stereocenters. The molecule has 70 valence electrons.